The fourth-order valence-electron chi connectivity index (χ4n) is 2.83. The molecule has 7 nitrogen and oxygen atoms in total. The molecule has 0 saturated heterocycles. The number of hydrogen-bond acceptors (Lipinski definition) is 6. The summed E-state index contributed by atoms with van der Waals surface area (Å²) in [6.07, 6.45) is 1.66. The number of anilines is 1. The lowest BCUT2D eigenvalue weighted by atomic mass is 10.1. The number of hydrogen-bond donors (Lipinski definition) is 1. The van der Waals surface area contributed by atoms with Gasteiger partial charge in [0.2, 0.25) is 5.91 Å². The molecule has 0 fully saturated rings. The maximum absolute atomic E-state index is 12.5. The van der Waals surface area contributed by atoms with E-state index >= 15 is 0 Å². The molecule has 1 aromatic heterocycles. The molecule has 0 aliphatic heterocycles. The minimum atomic E-state index is -0.138. The lowest BCUT2D eigenvalue weighted by Gasteiger charge is -2.13. The molecule has 30 heavy (non-hydrogen) atoms. The monoisotopic (exact) mass is 426 g/mol. The summed E-state index contributed by atoms with van der Waals surface area (Å²) in [6, 6.07) is 11.5. The van der Waals surface area contributed by atoms with Crippen LogP contribution in [-0.4, -0.2) is 39.6 Å². The van der Waals surface area contributed by atoms with Crippen LogP contribution < -0.4 is 14.8 Å². The summed E-state index contributed by atoms with van der Waals surface area (Å²) < 4.78 is 13.1. The molecule has 0 bridgehead atoms. The number of thioether (sulfide) groups is 1. The van der Waals surface area contributed by atoms with Crippen LogP contribution in [0.3, 0.4) is 0 Å². The number of ether oxygens (including phenoxy) is 2. The van der Waals surface area contributed by atoms with Gasteiger partial charge in [0.25, 0.3) is 0 Å². The van der Waals surface area contributed by atoms with Crippen molar-refractivity contribution in [2.24, 2.45) is 0 Å². The Morgan fingerprint density at radius 1 is 1.03 bits per heavy atom. The first kappa shape index (κ1) is 21.7. The molecule has 1 heterocycles. The molecular weight excluding hydrogens is 400 g/mol. The standard InChI is InChI=1S/C22H26N4O3S/c1-5-28-19-10-8-17(12-20(19)29-6-2)24-21(27)13-30-22-25-23-14-26(22)18-9-7-15(3)16(4)11-18/h7-12,14H,5-6,13H2,1-4H3,(H,24,27). The Kier molecular flexibility index (Phi) is 7.35. The van der Waals surface area contributed by atoms with E-state index in [-0.39, 0.29) is 11.7 Å². The Labute approximate surface area is 180 Å². The zero-order valence-corrected chi connectivity index (χ0v) is 18.5. The van der Waals surface area contributed by atoms with E-state index in [1.807, 2.05) is 24.5 Å². The minimum absolute atomic E-state index is 0.138. The predicted octanol–water partition coefficient (Wildman–Crippen LogP) is 4.41. The van der Waals surface area contributed by atoms with Crippen molar-refractivity contribution in [3.05, 3.63) is 53.9 Å². The molecule has 0 saturated carbocycles. The van der Waals surface area contributed by atoms with Crippen molar-refractivity contribution < 1.29 is 14.3 Å². The number of rotatable bonds is 9. The minimum Gasteiger partial charge on any atom is -0.490 e. The topological polar surface area (TPSA) is 78.3 Å². The molecule has 0 atom stereocenters. The number of aromatic nitrogens is 3. The molecule has 8 heteroatoms. The summed E-state index contributed by atoms with van der Waals surface area (Å²) in [5, 5.41) is 11.7. The van der Waals surface area contributed by atoms with E-state index < -0.39 is 0 Å². The van der Waals surface area contributed by atoms with Gasteiger partial charge in [-0.05, 0) is 63.1 Å². The third kappa shape index (κ3) is 5.33. The molecule has 1 N–H and O–H groups in total. The van der Waals surface area contributed by atoms with Crippen molar-refractivity contribution in [3.63, 3.8) is 0 Å². The van der Waals surface area contributed by atoms with Crippen LogP contribution in [-0.2, 0) is 4.79 Å². The first-order valence-corrected chi connectivity index (χ1v) is 10.8. The van der Waals surface area contributed by atoms with Gasteiger partial charge in [0.05, 0.1) is 19.0 Å². The molecular formula is C22H26N4O3S. The number of aryl methyl sites for hydroxylation is 2. The molecule has 3 rings (SSSR count). The molecule has 3 aromatic rings. The fraction of sp³-hybridized carbons (Fsp3) is 0.318. The van der Waals surface area contributed by atoms with Gasteiger partial charge in [-0.15, -0.1) is 10.2 Å². The second kappa shape index (κ2) is 10.2. The van der Waals surface area contributed by atoms with E-state index in [1.54, 1.807) is 24.5 Å². The number of nitrogens with zero attached hydrogens (tertiary/aromatic N) is 3. The number of carbonyl (C=O) groups excluding carboxylic acids is 1. The zero-order chi connectivity index (χ0) is 21.5. The first-order chi connectivity index (χ1) is 14.5. The highest BCUT2D eigenvalue weighted by Gasteiger charge is 2.12. The van der Waals surface area contributed by atoms with Gasteiger partial charge in [-0.25, -0.2) is 0 Å². The van der Waals surface area contributed by atoms with Crippen LogP contribution in [0.25, 0.3) is 5.69 Å². The van der Waals surface area contributed by atoms with Gasteiger partial charge >= 0.3 is 0 Å². The molecule has 2 aromatic carbocycles. The fourth-order valence-corrected chi connectivity index (χ4v) is 3.56. The van der Waals surface area contributed by atoms with Crippen LogP contribution in [0.5, 0.6) is 11.5 Å². The van der Waals surface area contributed by atoms with E-state index in [4.69, 9.17) is 9.47 Å². The number of nitrogens with one attached hydrogen (secondary N) is 1. The van der Waals surface area contributed by atoms with Crippen LogP contribution in [0.2, 0.25) is 0 Å². The summed E-state index contributed by atoms with van der Waals surface area (Å²) in [5.74, 6) is 1.34. The summed E-state index contributed by atoms with van der Waals surface area (Å²) in [5.41, 5.74) is 4.04. The van der Waals surface area contributed by atoms with Gasteiger partial charge in [0.15, 0.2) is 16.7 Å². The number of carbonyl (C=O) groups is 1. The van der Waals surface area contributed by atoms with Crippen molar-refractivity contribution >= 4 is 23.4 Å². The normalized spacial score (nSPS) is 10.7. The van der Waals surface area contributed by atoms with Crippen molar-refractivity contribution in [3.8, 4) is 17.2 Å². The van der Waals surface area contributed by atoms with E-state index in [0.717, 1.165) is 5.69 Å². The summed E-state index contributed by atoms with van der Waals surface area (Å²) in [6.45, 7) is 9.02. The maximum Gasteiger partial charge on any atom is 0.234 e. The average Bonchev–Trinajstić information content (AvgIpc) is 3.19. The van der Waals surface area contributed by atoms with Gasteiger partial charge < -0.3 is 14.8 Å². The molecule has 0 radical (unpaired) electrons. The third-order valence-corrected chi connectivity index (χ3v) is 5.39. The molecule has 0 aliphatic carbocycles. The van der Waals surface area contributed by atoms with Gasteiger partial charge in [-0.1, -0.05) is 17.8 Å². The van der Waals surface area contributed by atoms with Crippen LogP contribution in [0.1, 0.15) is 25.0 Å². The van der Waals surface area contributed by atoms with Gasteiger partial charge in [0, 0.05) is 17.4 Å². The Balaban J connectivity index is 1.65. The molecule has 0 unspecified atom stereocenters. The third-order valence-electron chi connectivity index (χ3n) is 4.44. The lowest BCUT2D eigenvalue weighted by Crippen LogP contribution is -2.14. The first-order valence-electron chi connectivity index (χ1n) is 9.81. The van der Waals surface area contributed by atoms with Crippen LogP contribution in [0.15, 0.2) is 47.9 Å². The van der Waals surface area contributed by atoms with Gasteiger partial charge in [0.1, 0.15) is 6.33 Å². The predicted molar refractivity (Wildman–Crippen MR) is 119 cm³/mol. The Bertz CT molecular complexity index is 1020. The summed E-state index contributed by atoms with van der Waals surface area (Å²) >= 11 is 1.33. The average molecular weight is 427 g/mol. The largest absolute Gasteiger partial charge is 0.490 e. The molecule has 1 amide bonds. The number of benzene rings is 2. The molecule has 0 aliphatic rings. The second-order valence-electron chi connectivity index (χ2n) is 6.62. The summed E-state index contributed by atoms with van der Waals surface area (Å²) in [7, 11) is 0. The summed E-state index contributed by atoms with van der Waals surface area (Å²) in [4.78, 5) is 12.5. The molecule has 158 valence electrons. The van der Waals surface area contributed by atoms with Crippen molar-refractivity contribution in [2.45, 2.75) is 32.9 Å². The van der Waals surface area contributed by atoms with E-state index in [0.29, 0.717) is 35.6 Å². The second-order valence-corrected chi connectivity index (χ2v) is 7.56. The van der Waals surface area contributed by atoms with Crippen LogP contribution in [0.4, 0.5) is 5.69 Å². The van der Waals surface area contributed by atoms with Gasteiger partial charge in [-0.3, -0.25) is 9.36 Å². The van der Waals surface area contributed by atoms with Crippen molar-refractivity contribution in [1.29, 1.82) is 0 Å². The SMILES string of the molecule is CCOc1ccc(NC(=O)CSc2nncn2-c2ccc(C)c(C)c2)cc1OCC. The Morgan fingerprint density at radius 3 is 2.53 bits per heavy atom. The van der Waals surface area contributed by atoms with Crippen molar-refractivity contribution in [1.82, 2.24) is 14.8 Å². The smallest absolute Gasteiger partial charge is 0.234 e. The van der Waals surface area contributed by atoms with Crippen LogP contribution >= 0.6 is 11.8 Å². The molecule has 0 spiro atoms. The zero-order valence-electron chi connectivity index (χ0n) is 17.6. The quantitative estimate of drug-likeness (QED) is 0.511. The highest BCUT2D eigenvalue weighted by atomic mass is 32.2. The highest BCUT2D eigenvalue weighted by molar-refractivity contribution is 7.99. The van der Waals surface area contributed by atoms with E-state index in [2.05, 4.69) is 41.5 Å². The van der Waals surface area contributed by atoms with Crippen LogP contribution in [0, 0.1) is 13.8 Å². The maximum atomic E-state index is 12.5. The van der Waals surface area contributed by atoms with Crippen molar-refractivity contribution in [2.75, 3.05) is 24.3 Å². The Morgan fingerprint density at radius 2 is 1.80 bits per heavy atom. The Hall–Kier alpha value is -3.00. The van der Waals surface area contributed by atoms with E-state index in [1.165, 1.54) is 22.9 Å². The van der Waals surface area contributed by atoms with Gasteiger partial charge in [-0.2, -0.15) is 0 Å². The highest BCUT2D eigenvalue weighted by Crippen LogP contribution is 2.31. The van der Waals surface area contributed by atoms with E-state index in [9.17, 15) is 4.79 Å². The lowest BCUT2D eigenvalue weighted by molar-refractivity contribution is -0.113. The number of amides is 1.